The topological polar surface area (TPSA) is 61.3 Å². The number of nitrogens with zero attached hydrogens (tertiary/aromatic N) is 2. The Hall–Kier alpha value is -3.21. The Labute approximate surface area is 193 Å². The molecule has 33 heavy (non-hydrogen) atoms. The Bertz CT molecular complexity index is 1440. The Morgan fingerprint density at radius 1 is 1.03 bits per heavy atom. The quantitative estimate of drug-likeness (QED) is 0.194. The van der Waals surface area contributed by atoms with Crippen molar-refractivity contribution in [3.8, 4) is 5.75 Å². The van der Waals surface area contributed by atoms with E-state index in [0.717, 1.165) is 45.9 Å². The minimum absolute atomic E-state index is 0.228. The SMILES string of the molecule is COC(=O)c1ccc2nc3c4c(c5ccccc5c3nc2c1)OC(C)(C)C1CCC(C)CC41. The summed E-state index contributed by atoms with van der Waals surface area (Å²) in [6, 6.07) is 13.7. The van der Waals surface area contributed by atoms with Gasteiger partial charge in [-0.05, 0) is 56.7 Å². The Balaban J connectivity index is 1.71. The number of benzene rings is 3. The number of hydrogen-bond donors (Lipinski definition) is 0. The monoisotopic (exact) mass is 440 g/mol. The number of esters is 1. The highest BCUT2D eigenvalue weighted by atomic mass is 16.5. The molecule has 3 unspecified atom stereocenters. The summed E-state index contributed by atoms with van der Waals surface area (Å²) in [7, 11) is 1.39. The molecule has 0 saturated heterocycles. The van der Waals surface area contributed by atoms with Crippen LogP contribution >= 0.6 is 0 Å². The molecule has 3 atom stereocenters. The van der Waals surface area contributed by atoms with Gasteiger partial charge in [0.15, 0.2) is 0 Å². The molecule has 0 radical (unpaired) electrons. The highest BCUT2D eigenvalue weighted by molar-refractivity contribution is 6.11. The molecule has 0 amide bonds. The summed E-state index contributed by atoms with van der Waals surface area (Å²) in [5.74, 6) is 2.11. The summed E-state index contributed by atoms with van der Waals surface area (Å²) in [5, 5.41) is 2.12. The molecule has 1 aromatic heterocycles. The fraction of sp³-hybridized carbons (Fsp3) is 0.393. The molecule has 0 N–H and O–H groups in total. The average molecular weight is 441 g/mol. The predicted molar refractivity (Wildman–Crippen MR) is 130 cm³/mol. The van der Waals surface area contributed by atoms with Crippen LogP contribution in [0.1, 0.15) is 61.9 Å². The van der Waals surface area contributed by atoms with E-state index in [-0.39, 0.29) is 11.6 Å². The van der Waals surface area contributed by atoms with Crippen molar-refractivity contribution in [1.82, 2.24) is 9.97 Å². The Morgan fingerprint density at radius 3 is 2.58 bits per heavy atom. The third-order valence-electron chi connectivity index (χ3n) is 7.75. The molecule has 1 saturated carbocycles. The largest absolute Gasteiger partial charge is 0.487 e. The van der Waals surface area contributed by atoms with Gasteiger partial charge in [-0.2, -0.15) is 0 Å². The van der Waals surface area contributed by atoms with Gasteiger partial charge < -0.3 is 9.47 Å². The van der Waals surface area contributed by atoms with Crippen molar-refractivity contribution in [2.45, 2.75) is 51.6 Å². The first-order chi connectivity index (χ1) is 15.9. The van der Waals surface area contributed by atoms with Gasteiger partial charge in [-0.3, -0.25) is 0 Å². The molecule has 5 heteroatoms. The van der Waals surface area contributed by atoms with Crippen molar-refractivity contribution in [3.05, 3.63) is 53.6 Å². The van der Waals surface area contributed by atoms with Crippen LogP contribution in [0.5, 0.6) is 5.75 Å². The van der Waals surface area contributed by atoms with Gasteiger partial charge in [0.05, 0.1) is 34.7 Å². The van der Waals surface area contributed by atoms with Gasteiger partial charge in [-0.25, -0.2) is 14.8 Å². The zero-order valence-electron chi connectivity index (χ0n) is 19.5. The minimum Gasteiger partial charge on any atom is -0.487 e. The summed E-state index contributed by atoms with van der Waals surface area (Å²) in [6.07, 6.45) is 3.54. The average Bonchev–Trinajstić information content (AvgIpc) is 2.81. The van der Waals surface area contributed by atoms with Crippen LogP contribution < -0.4 is 4.74 Å². The van der Waals surface area contributed by atoms with Crippen LogP contribution in [0.25, 0.3) is 32.8 Å². The van der Waals surface area contributed by atoms with Gasteiger partial charge in [0.1, 0.15) is 11.4 Å². The van der Waals surface area contributed by atoms with E-state index in [4.69, 9.17) is 19.4 Å². The number of carbonyl (C=O) groups excluding carboxylic acids is 1. The fourth-order valence-corrected chi connectivity index (χ4v) is 6.14. The molecule has 4 aromatic rings. The van der Waals surface area contributed by atoms with Gasteiger partial charge in [0, 0.05) is 22.3 Å². The van der Waals surface area contributed by atoms with E-state index in [1.165, 1.54) is 19.1 Å². The van der Waals surface area contributed by atoms with Crippen molar-refractivity contribution < 1.29 is 14.3 Å². The van der Waals surface area contributed by atoms with Crippen LogP contribution in [0.4, 0.5) is 0 Å². The van der Waals surface area contributed by atoms with Crippen molar-refractivity contribution in [1.29, 1.82) is 0 Å². The first kappa shape index (κ1) is 20.4. The van der Waals surface area contributed by atoms with Crippen LogP contribution in [0.2, 0.25) is 0 Å². The first-order valence-electron chi connectivity index (χ1n) is 11.8. The van der Waals surface area contributed by atoms with Crippen LogP contribution in [0.15, 0.2) is 42.5 Å². The highest BCUT2D eigenvalue weighted by Crippen LogP contribution is 2.56. The first-order valence-corrected chi connectivity index (χ1v) is 11.8. The molecule has 168 valence electrons. The number of carbonyl (C=O) groups is 1. The van der Waals surface area contributed by atoms with Crippen molar-refractivity contribution in [2.75, 3.05) is 7.11 Å². The lowest BCUT2D eigenvalue weighted by atomic mass is 9.64. The summed E-state index contributed by atoms with van der Waals surface area (Å²) >= 11 is 0. The summed E-state index contributed by atoms with van der Waals surface area (Å²) in [4.78, 5) is 22.3. The standard InChI is InChI=1S/C28H28N2O3/c1-15-9-11-20-19(13-15)23-25-24(17-7-5-6-8-18(17)26(23)33-28(20,2)3)30-22-14-16(27(31)32-4)10-12-21(22)29-25/h5-8,10,12,14-15,19-20H,9,11,13H2,1-4H3. The van der Waals surface area contributed by atoms with E-state index in [1.54, 1.807) is 12.1 Å². The summed E-state index contributed by atoms with van der Waals surface area (Å²) < 4.78 is 11.7. The molecule has 1 aliphatic heterocycles. The normalized spacial score (nSPS) is 23.7. The van der Waals surface area contributed by atoms with E-state index < -0.39 is 0 Å². The van der Waals surface area contributed by atoms with Crippen LogP contribution in [-0.4, -0.2) is 28.6 Å². The van der Waals surface area contributed by atoms with Gasteiger partial charge in [-0.1, -0.05) is 37.6 Å². The van der Waals surface area contributed by atoms with Crippen molar-refractivity contribution >= 4 is 38.8 Å². The van der Waals surface area contributed by atoms with Gasteiger partial charge >= 0.3 is 5.97 Å². The molecule has 0 bridgehead atoms. The zero-order valence-corrected chi connectivity index (χ0v) is 19.5. The Morgan fingerprint density at radius 2 is 1.79 bits per heavy atom. The van der Waals surface area contributed by atoms with Crippen LogP contribution in [0, 0.1) is 11.8 Å². The maximum Gasteiger partial charge on any atom is 0.337 e. The number of methoxy groups -OCH3 is 1. The second-order valence-electron chi connectivity index (χ2n) is 10.2. The Kier molecular flexibility index (Phi) is 4.42. The van der Waals surface area contributed by atoms with Gasteiger partial charge in [0.2, 0.25) is 0 Å². The van der Waals surface area contributed by atoms with Crippen molar-refractivity contribution in [3.63, 3.8) is 0 Å². The van der Waals surface area contributed by atoms with E-state index in [2.05, 4.69) is 39.0 Å². The molecule has 0 spiro atoms. The maximum absolute atomic E-state index is 12.1. The lowest BCUT2D eigenvalue weighted by Crippen LogP contribution is -2.46. The van der Waals surface area contributed by atoms with E-state index in [0.29, 0.717) is 28.8 Å². The molecule has 5 nitrogen and oxygen atoms in total. The minimum atomic E-state index is -0.372. The smallest absolute Gasteiger partial charge is 0.337 e. The zero-order chi connectivity index (χ0) is 22.9. The number of ether oxygens (including phenoxy) is 2. The van der Waals surface area contributed by atoms with Crippen LogP contribution in [0.3, 0.4) is 0 Å². The predicted octanol–water partition coefficient (Wildman–Crippen LogP) is 6.41. The molecular formula is C28H28N2O3. The van der Waals surface area contributed by atoms with E-state index in [1.807, 2.05) is 12.1 Å². The van der Waals surface area contributed by atoms with Gasteiger partial charge in [0.25, 0.3) is 0 Å². The second-order valence-corrected chi connectivity index (χ2v) is 10.2. The molecule has 2 heterocycles. The molecule has 1 fully saturated rings. The summed E-state index contributed by atoms with van der Waals surface area (Å²) in [6.45, 7) is 6.84. The van der Waals surface area contributed by atoms with Crippen molar-refractivity contribution in [2.24, 2.45) is 11.8 Å². The summed E-state index contributed by atoms with van der Waals surface area (Å²) in [5.41, 5.74) is 4.74. The molecule has 3 aromatic carbocycles. The number of fused-ring (bicyclic) bond motifs is 9. The number of aromatic nitrogens is 2. The third kappa shape index (κ3) is 3.01. The molecular weight excluding hydrogens is 412 g/mol. The highest BCUT2D eigenvalue weighted by Gasteiger charge is 2.47. The van der Waals surface area contributed by atoms with Gasteiger partial charge in [-0.15, -0.1) is 0 Å². The molecule has 6 rings (SSSR count). The van der Waals surface area contributed by atoms with E-state index >= 15 is 0 Å². The number of hydrogen-bond acceptors (Lipinski definition) is 5. The maximum atomic E-state index is 12.1. The lowest BCUT2D eigenvalue weighted by molar-refractivity contribution is -0.0115. The number of rotatable bonds is 1. The molecule has 1 aliphatic carbocycles. The third-order valence-corrected chi connectivity index (χ3v) is 7.75. The molecule has 2 aliphatic rings. The van der Waals surface area contributed by atoms with Crippen LogP contribution in [-0.2, 0) is 4.74 Å². The van der Waals surface area contributed by atoms with E-state index in [9.17, 15) is 4.79 Å². The second kappa shape index (κ2) is 7.14. The fourth-order valence-electron chi connectivity index (χ4n) is 6.14. The lowest BCUT2D eigenvalue weighted by Gasteiger charge is -2.49.